The Kier molecular flexibility index (Phi) is 3.62. The SMILES string of the molecule is Cc1ccnc(Sc2ncnc3ccccc23)c1CN. The molecule has 5 heteroatoms. The van der Waals surface area contributed by atoms with E-state index in [0.717, 1.165) is 32.1 Å². The van der Waals surface area contributed by atoms with Gasteiger partial charge in [-0.25, -0.2) is 15.0 Å². The molecule has 0 amide bonds. The van der Waals surface area contributed by atoms with Crippen molar-refractivity contribution in [1.82, 2.24) is 15.0 Å². The number of aromatic nitrogens is 3. The Morgan fingerprint density at radius 3 is 2.75 bits per heavy atom. The molecule has 20 heavy (non-hydrogen) atoms. The van der Waals surface area contributed by atoms with Crippen molar-refractivity contribution in [2.24, 2.45) is 5.73 Å². The molecule has 4 nitrogen and oxygen atoms in total. The molecule has 0 saturated carbocycles. The Bertz CT molecular complexity index is 752. The van der Waals surface area contributed by atoms with Crippen LogP contribution in [-0.4, -0.2) is 15.0 Å². The van der Waals surface area contributed by atoms with Crippen molar-refractivity contribution < 1.29 is 0 Å². The summed E-state index contributed by atoms with van der Waals surface area (Å²) >= 11 is 1.54. The second kappa shape index (κ2) is 5.56. The largest absolute Gasteiger partial charge is 0.326 e. The van der Waals surface area contributed by atoms with Crippen LogP contribution >= 0.6 is 11.8 Å². The highest BCUT2D eigenvalue weighted by Crippen LogP contribution is 2.32. The third-order valence-electron chi connectivity index (χ3n) is 3.15. The molecule has 2 N–H and O–H groups in total. The molecular formula is C15H14N4S. The van der Waals surface area contributed by atoms with Crippen molar-refractivity contribution in [3.05, 3.63) is 54.0 Å². The number of para-hydroxylation sites is 1. The summed E-state index contributed by atoms with van der Waals surface area (Å²) in [6.45, 7) is 2.52. The molecule has 3 aromatic rings. The van der Waals surface area contributed by atoms with E-state index in [4.69, 9.17) is 5.73 Å². The smallest absolute Gasteiger partial charge is 0.117 e. The Balaban J connectivity index is 2.08. The van der Waals surface area contributed by atoms with E-state index >= 15 is 0 Å². The molecule has 0 bridgehead atoms. The van der Waals surface area contributed by atoms with Gasteiger partial charge in [-0.2, -0.15) is 0 Å². The summed E-state index contributed by atoms with van der Waals surface area (Å²) in [4.78, 5) is 13.1. The Hall–Kier alpha value is -1.98. The summed E-state index contributed by atoms with van der Waals surface area (Å²) in [5.74, 6) is 0. The van der Waals surface area contributed by atoms with E-state index < -0.39 is 0 Å². The molecule has 0 spiro atoms. The predicted molar refractivity (Wildman–Crippen MR) is 80.5 cm³/mol. The van der Waals surface area contributed by atoms with E-state index in [-0.39, 0.29) is 0 Å². The van der Waals surface area contributed by atoms with Gasteiger partial charge in [-0.1, -0.05) is 18.2 Å². The third-order valence-corrected chi connectivity index (χ3v) is 4.22. The second-order valence-electron chi connectivity index (χ2n) is 4.41. The van der Waals surface area contributed by atoms with Gasteiger partial charge >= 0.3 is 0 Å². The minimum atomic E-state index is 0.477. The van der Waals surface area contributed by atoms with Crippen LogP contribution < -0.4 is 5.73 Å². The van der Waals surface area contributed by atoms with E-state index in [1.807, 2.05) is 37.3 Å². The van der Waals surface area contributed by atoms with E-state index in [1.165, 1.54) is 0 Å². The molecule has 0 fully saturated rings. The molecule has 100 valence electrons. The van der Waals surface area contributed by atoms with Gasteiger partial charge in [0.1, 0.15) is 16.4 Å². The first-order chi connectivity index (χ1) is 9.79. The summed E-state index contributed by atoms with van der Waals surface area (Å²) in [5, 5.41) is 2.85. The Morgan fingerprint density at radius 1 is 1.05 bits per heavy atom. The van der Waals surface area contributed by atoms with Crippen molar-refractivity contribution in [2.75, 3.05) is 0 Å². The quantitative estimate of drug-likeness (QED) is 0.748. The zero-order valence-corrected chi connectivity index (χ0v) is 11.9. The van der Waals surface area contributed by atoms with Crippen LogP contribution in [0.1, 0.15) is 11.1 Å². The molecule has 2 aromatic heterocycles. The average Bonchev–Trinajstić information content (AvgIpc) is 2.48. The van der Waals surface area contributed by atoms with Crippen LogP contribution in [0.15, 0.2) is 52.9 Å². The molecule has 2 heterocycles. The van der Waals surface area contributed by atoms with Crippen LogP contribution in [0, 0.1) is 6.92 Å². The van der Waals surface area contributed by atoms with Gasteiger partial charge in [-0.3, -0.25) is 0 Å². The summed E-state index contributed by atoms with van der Waals surface area (Å²) in [6, 6.07) is 9.94. The van der Waals surface area contributed by atoms with Gasteiger partial charge in [0.25, 0.3) is 0 Å². The predicted octanol–water partition coefficient (Wildman–Crippen LogP) is 2.94. The minimum Gasteiger partial charge on any atom is -0.326 e. The van der Waals surface area contributed by atoms with Crippen molar-refractivity contribution in [3.8, 4) is 0 Å². The van der Waals surface area contributed by atoms with Crippen molar-refractivity contribution in [2.45, 2.75) is 23.5 Å². The number of nitrogens with two attached hydrogens (primary N) is 1. The maximum absolute atomic E-state index is 5.83. The van der Waals surface area contributed by atoms with E-state index in [9.17, 15) is 0 Å². The maximum Gasteiger partial charge on any atom is 0.117 e. The number of hydrogen-bond acceptors (Lipinski definition) is 5. The van der Waals surface area contributed by atoms with Gasteiger partial charge in [0.15, 0.2) is 0 Å². The van der Waals surface area contributed by atoms with Gasteiger partial charge < -0.3 is 5.73 Å². The number of nitrogens with zero attached hydrogens (tertiary/aromatic N) is 3. The Morgan fingerprint density at radius 2 is 1.90 bits per heavy atom. The zero-order valence-electron chi connectivity index (χ0n) is 11.1. The fourth-order valence-corrected chi connectivity index (χ4v) is 3.10. The number of pyridine rings is 1. The standard InChI is InChI=1S/C15H14N4S/c1-10-6-7-17-15(12(10)8-16)20-14-11-4-2-3-5-13(11)18-9-19-14/h2-7,9H,8,16H2,1H3. The lowest BCUT2D eigenvalue weighted by atomic mass is 10.2. The molecule has 0 aliphatic carbocycles. The molecule has 0 radical (unpaired) electrons. The third kappa shape index (κ3) is 2.37. The molecule has 0 aliphatic heterocycles. The number of fused-ring (bicyclic) bond motifs is 1. The maximum atomic E-state index is 5.83. The second-order valence-corrected chi connectivity index (χ2v) is 5.39. The van der Waals surface area contributed by atoms with Crippen molar-refractivity contribution >= 4 is 22.7 Å². The first-order valence-corrected chi connectivity index (χ1v) is 7.13. The first kappa shape index (κ1) is 13.0. The van der Waals surface area contributed by atoms with Gasteiger partial charge in [0, 0.05) is 23.7 Å². The first-order valence-electron chi connectivity index (χ1n) is 6.31. The van der Waals surface area contributed by atoms with Gasteiger partial charge in [0.05, 0.1) is 5.52 Å². The van der Waals surface area contributed by atoms with Gasteiger partial charge in [0.2, 0.25) is 0 Å². The van der Waals surface area contributed by atoms with Crippen LogP contribution in [-0.2, 0) is 6.54 Å². The van der Waals surface area contributed by atoms with Crippen LogP contribution in [0.2, 0.25) is 0 Å². The number of benzene rings is 1. The topological polar surface area (TPSA) is 64.7 Å². The fourth-order valence-electron chi connectivity index (χ4n) is 2.05. The summed E-state index contributed by atoms with van der Waals surface area (Å²) < 4.78 is 0. The van der Waals surface area contributed by atoms with E-state index in [0.29, 0.717) is 6.54 Å². The normalized spacial score (nSPS) is 10.9. The van der Waals surface area contributed by atoms with E-state index in [2.05, 4.69) is 15.0 Å². The highest BCUT2D eigenvalue weighted by atomic mass is 32.2. The highest BCUT2D eigenvalue weighted by molar-refractivity contribution is 7.99. The molecular weight excluding hydrogens is 268 g/mol. The molecule has 3 rings (SSSR count). The number of rotatable bonds is 3. The minimum absolute atomic E-state index is 0.477. The molecule has 0 unspecified atom stereocenters. The van der Waals surface area contributed by atoms with Crippen LogP contribution in [0.5, 0.6) is 0 Å². The monoisotopic (exact) mass is 282 g/mol. The zero-order chi connectivity index (χ0) is 13.9. The lowest BCUT2D eigenvalue weighted by Crippen LogP contribution is -2.03. The highest BCUT2D eigenvalue weighted by Gasteiger charge is 2.10. The summed E-state index contributed by atoms with van der Waals surface area (Å²) in [6.07, 6.45) is 3.39. The van der Waals surface area contributed by atoms with Crippen LogP contribution in [0.4, 0.5) is 0 Å². The van der Waals surface area contributed by atoms with Crippen molar-refractivity contribution in [3.63, 3.8) is 0 Å². The Labute approximate surface area is 121 Å². The lowest BCUT2D eigenvalue weighted by molar-refractivity contribution is 0.940. The molecule has 0 atom stereocenters. The molecule has 0 aliphatic rings. The average molecular weight is 282 g/mol. The fraction of sp³-hybridized carbons (Fsp3) is 0.133. The number of hydrogen-bond donors (Lipinski definition) is 1. The summed E-state index contributed by atoms with van der Waals surface area (Å²) in [5.41, 5.74) is 8.99. The van der Waals surface area contributed by atoms with Crippen LogP contribution in [0.25, 0.3) is 10.9 Å². The molecule has 1 aromatic carbocycles. The van der Waals surface area contributed by atoms with Gasteiger partial charge in [-0.15, -0.1) is 0 Å². The van der Waals surface area contributed by atoms with Gasteiger partial charge in [-0.05, 0) is 36.4 Å². The summed E-state index contributed by atoms with van der Waals surface area (Å²) in [7, 11) is 0. The van der Waals surface area contributed by atoms with E-state index in [1.54, 1.807) is 24.3 Å². The van der Waals surface area contributed by atoms with Crippen LogP contribution in [0.3, 0.4) is 0 Å². The van der Waals surface area contributed by atoms with Crippen molar-refractivity contribution in [1.29, 1.82) is 0 Å². The molecule has 0 saturated heterocycles. The number of aryl methyl sites for hydroxylation is 1. The lowest BCUT2D eigenvalue weighted by Gasteiger charge is -2.09.